The Labute approximate surface area is 147 Å². The van der Waals surface area contributed by atoms with Gasteiger partial charge in [-0.3, -0.25) is 4.79 Å². The lowest BCUT2D eigenvalue weighted by Crippen LogP contribution is -2.41. The first-order valence-corrected chi connectivity index (χ1v) is 9.55. The number of benzene rings is 1. The van der Waals surface area contributed by atoms with Crippen molar-refractivity contribution in [2.75, 3.05) is 12.4 Å². The van der Waals surface area contributed by atoms with E-state index in [0.717, 1.165) is 18.0 Å². The summed E-state index contributed by atoms with van der Waals surface area (Å²) in [6, 6.07) is 8.76. The van der Waals surface area contributed by atoms with Crippen LogP contribution in [0.25, 0.3) is 0 Å². The molecule has 2 aromatic rings. The zero-order valence-corrected chi connectivity index (χ0v) is 15.2. The van der Waals surface area contributed by atoms with Gasteiger partial charge < -0.3 is 10.2 Å². The molecule has 0 spiro atoms. The fourth-order valence-electron chi connectivity index (χ4n) is 3.40. The third-order valence-corrected chi connectivity index (χ3v) is 5.51. The molecule has 0 radical (unpaired) electrons. The minimum atomic E-state index is 0.0566. The monoisotopic (exact) mass is 343 g/mol. The number of nitrogens with zero attached hydrogens (tertiary/aromatic N) is 2. The molecule has 0 saturated heterocycles. The summed E-state index contributed by atoms with van der Waals surface area (Å²) in [6.07, 6.45) is 5.90. The number of rotatable bonds is 5. The van der Waals surface area contributed by atoms with Gasteiger partial charge in [-0.1, -0.05) is 49.1 Å². The molecule has 0 bridgehead atoms. The smallest absolute Gasteiger partial charge is 0.273 e. The van der Waals surface area contributed by atoms with Crippen molar-refractivity contribution >= 4 is 22.4 Å². The van der Waals surface area contributed by atoms with E-state index in [1.165, 1.54) is 41.7 Å². The second-order valence-corrected chi connectivity index (χ2v) is 7.36. The summed E-state index contributed by atoms with van der Waals surface area (Å²) < 4.78 is 0. The van der Waals surface area contributed by atoms with Crippen molar-refractivity contribution in [1.82, 2.24) is 9.88 Å². The van der Waals surface area contributed by atoms with E-state index in [-0.39, 0.29) is 5.91 Å². The lowest BCUT2D eigenvalue weighted by Gasteiger charge is -2.34. The van der Waals surface area contributed by atoms with Gasteiger partial charge in [0.1, 0.15) is 5.69 Å². The summed E-state index contributed by atoms with van der Waals surface area (Å²) in [7, 11) is 1.83. The molecule has 24 heavy (non-hydrogen) atoms. The number of carbonyl (C=O) groups is 1. The molecule has 3 rings (SSSR count). The van der Waals surface area contributed by atoms with Crippen LogP contribution >= 0.6 is 11.3 Å². The molecule has 128 valence electrons. The van der Waals surface area contributed by atoms with Crippen LogP contribution < -0.4 is 5.32 Å². The first-order chi connectivity index (χ1) is 11.7. The van der Waals surface area contributed by atoms with Crippen LogP contribution in [0.1, 0.15) is 53.7 Å². The van der Waals surface area contributed by atoms with Crippen molar-refractivity contribution in [3.8, 4) is 0 Å². The zero-order valence-electron chi connectivity index (χ0n) is 14.4. The number of aromatic nitrogens is 1. The highest BCUT2D eigenvalue weighted by atomic mass is 32.1. The molecule has 0 unspecified atom stereocenters. The van der Waals surface area contributed by atoms with Crippen LogP contribution in [0.5, 0.6) is 0 Å². The van der Waals surface area contributed by atoms with Gasteiger partial charge in [-0.25, -0.2) is 4.98 Å². The molecule has 1 amide bonds. The minimum absolute atomic E-state index is 0.0566. The van der Waals surface area contributed by atoms with E-state index < -0.39 is 0 Å². The van der Waals surface area contributed by atoms with Crippen LogP contribution in [0.3, 0.4) is 0 Å². The third kappa shape index (κ3) is 3.96. The molecule has 1 aliphatic carbocycles. The molecule has 1 saturated carbocycles. The van der Waals surface area contributed by atoms with Gasteiger partial charge in [-0.15, -0.1) is 11.3 Å². The third-order valence-electron chi connectivity index (χ3n) is 4.65. The molecule has 1 aliphatic rings. The SMILES string of the molecule is CNc1nc(C(=O)N(Cc2cccc(C)c2)C2CCCCC2)cs1. The Bertz CT molecular complexity index is 691. The maximum Gasteiger partial charge on any atom is 0.273 e. The van der Waals surface area contributed by atoms with Gasteiger partial charge in [-0.05, 0) is 25.3 Å². The average Bonchev–Trinajstić information content (AvgIpc) is 3.09. The number of amides is 1. The molecular formula is C19H25N3OS. The standard InChI is InChI=1S/C19H25N3OS/c1-14-7-6-8-15(11-14)12-22(16-9-4-3-5-10-16)18(23)17-13-24-19(20-2)21-17/h6-8,11,13,16H,3-5,9-10,12H2,1-2H3,(H,20,21). The molecule has 1 fully saturated rings. The summed E-state index contributed by atoms with van der Waals surface area (Å²) in [5, 5.41) is 5.67. The van der Waals surface area contributed by atoms with Gasteiger partial charge in [0.2, 0.25) is 0 Å². The molecule has 1 aromatic heterocycles. The summed E-state index contributed by atoms with van der Waals surface area (Å²) in [6.45, 7) is 2.76. The average molecular weight is 343 g/mol. The molecule has 1 N–H and O–H groups in total. The van der Waals surface area contributed by atoms with Crippen molar-refractivity contribution < 1.29 is 4.79 Å². The van der Waals surface area contributed by atoms with Crippen LogP contribution in [0.15, 0.2) is 29.6 Å². The molecule has 1 heterocycles. The lowest BCUT2D eigenvalue weighted by molar-refractivity contribution is 0.0609. The van der Waals surface area contributed by atoms with E-state index in [9.17, 15) is 4.79 Å². The van der Waals surface area contributed by atoms with Gasteiger partial charge in [0, 0.05) is 25.0 Å². The Hall–Kier alpha value is -1.88. The van der Waals surface area contributed by atoms with Gasteiger partial charge >= 0.3 is 0 Å². The molecule has 0 atom stereocenters. The molecule has 4 nitrogen and oxygen atoms in total. The number of anilines is 1. The second kappa shape index (κ2) is 7.79. The largest absolute Gasteiger partial charge is 0.365 e. The van der Waals surface area contributed by atoms with E-state index in [1.807, 2.05) is 17.3 Å². The predicted octanol–water partition coefficient (Wildman–Crippen LogP) is 4.47. The van der Waals surface area contributed by atoms with Crippen LogP contribution in [-0.2, 0) is 6.54 Å². The Kier molecular flexibility index (Phi) is 5.51. The molecule has 0 aliphatic heterocycles. The van der Waals surface area contributed by atoms with E-state index in [0.29, 0.717) is 18.3 Å². The first-order valence-electron chi connectivity index (χ1n) is 8.67. The van der Waals surface area contributed by atoms with Gasteiger partial charge in [-0.2, -0.15) is 0 Å². The number of nitrogens with one attached hydrogen (secondary N) is 1. The fraction of sp³-hybridized carbons (Fsp3) is 0.474. The molecule has 5 heteroatoms. The van der Waals surface area contributed by atoms with Crippen LogP contribution in [0.2, 0.25) is 0 Å². The Morgan fingerprint density at radius 2 is 2.12 bits per heavy atom. The van der Waals surface area contributed by atoms with Crippen molar-refractivity contribution in [2.45, 2.75) is 51.6 Å². The summed E-state index contributed by atoms with van der Waals surface area (Å²) in [5.41, 5.74) is 2.98. The van der Waals surface area contributed by atoms with Crippen molar-refractivity contribution in [3.63, 3.8) is 0 Å². The topological polar surface area (TPSA) is 45.2 Å². The van der Waals surface area contributed by atoms with E-state index >= 15 is 0 Å². The van der Waals surface area contributed by atoms with Crippen LogP contribution in [0, 0.1) is 6.92 Å². The zero-order chi connectivity index (χ0) is 16.9. The van der Waals surface area contributed by atoms with Gasteiger partial charge in [0.05, 0.1) is 0 Å². The van der Waals surface area contributed by atoms with Crippen molar-refractivity contribution in [2.24, 2.45) is 0 Å². The number of aryl methyl sites for hydroxylation is 1. The molecular weight excluding hydrogens is 318 g/mol. The van der Waals surface area contributed by atoms with Gasteiger partial charge in [0.15, 0.2) is 5.13 Å². The highest BCUT2D eigenvalue weighted by Crippen LogP contribution is 2.26. The fourth-order valence-corrected chi connectivity index (χ4v) is 4.05. The first kappa shape index (κ1) is 17.0. The van der Waals surface area contributed by atoms with Gasteiger partial charge in [0.25, 0.3) is 5.91 Å². The number of carbonyl (C=O) groups excluding carboxylic acids is 1. The maximum atomic E-state index is 13.1. The summed E-state index contributed by atoms with van der Waals surface area (Å²) in [4.78, 5) is 19.6. The van der Waals surface area contributed by atoms with Crippen molar-refractivity contribution in [1.29, 1.82) is 0 Å². The van der Waals surface area contributed by atoms with Crippen LogP contribution in [-0.4, -0.2) is 28.9 Å². The lowest BCUT2D eigenvalue weighted by atomic mass is 9.93. The number of hydrogen-bond acceptors (Lipinski definition) is 4. The summed E-state index contributed by atoms with van der Waals surface area (Å²) in [5.74, 6) is 0.0566. The second-order valence-electron chi connectivity index (χ2n) is 6.50. The summed E-state index contributed by atoms with van der Waals surface area (Å²) >= 11 is 1.48. The normalized spacial score (nSPS) is 15.2. The maximum absolute atomic E-state index is 13.1. The minimum Gasteiger partial charge on any atom is -0.365 e. The van der Waals surface area contributed by atoms with Crippen LogP contribution in [0.4, 0.5) is 5.13 Å². The van der Waals surface area contributed by atoms with Crippen molar-refractivity contribution in [3.05, 3.63) is 46.5 Å². The Morgan fingerprint density at radius 1 is 1.33 bits per heavy atom. The van der Waals surface area contributed by atoms with E-state index in [4.69, 9.17) is 0 Å². The highest BCUT2D eigenvalue weighted by molar-refractivity contribution is 7.13. The highest BCUT2D eigenvalue weighted by Gasteiger charge is 2.27. The predicted molar refractivity (Wildman–Crippen MR) is 99.6 cm³/mol. The Morgan fingerprint density at radius 3 is 2.79 bits per heavy atom. The quantitative estimate of drug-likeness (QED) is 0.871. The van der Waals surface area contributed by atoms with E-state index in [2.05, 4.69) is 41.5 Å². The Balaban J connectivity index is 1.84. The van der Waals surface area contributed by atoms with E-state index in [1.54, 1.807) is 0 Å². The number of thiazole rings is 1. The molecule has 1 aromatic carbocycles. The number of hydrogen-bond donors (Lipinski definition) is 1.